The number of rotatable bonds is 3. The molecular formula is C13H7N5O3. The Balaban J connectivity index is 2.08. The zero-order valence-corrected chi connectivity index (χ0v) is 10.5. The Bertz CT molecular complexity index is 844. The minimum atomic E-state index is -0.645. The fourth-order valence-electron chi connectivity index (χ4n) is 1.81. The summed E-state index contributed by atoms with van der Waals surface area (Å²) in [5.74, 6) is -0.231. The van der Waals surface area contributed by atoms with Gasteiger partial charge in [0.2, 0.25) is 0 Å². The van der Waals surface area contributed by atoms with Gasteiger partial charge in [0, 0.05) is 12.4 Å². The van der Waals surface area contributed by atoms with Crippen LogP contribution in [0.5, 0.6) is 0 Å². The Morgan fingerprint density at radius 2 is 2.24 bits per heavy atom. The van der Waals surface area contributed by atoms with Gasteiger partial charge < -0.3 is 4.42 Å². The van der Waals surface area contributed by atoms with Crippen LogP contribution in [0.25, 0.3) is 17.1 Å². The summed E-state index contributed by atoms with van der Waals surface area (Å²) in [5, 5.41) is 24.0. The van der Waals surface area contributed by atoms with Crippen LogP contribution in [0, 0.1) is 21.4 Å². The van der Waals surface area contributed by atoms with Gasteiger partial charge in [-0.05, 0) is 18.2 Å². The zero-order valence-electron chi connectivity index (χ0n) is 10.5. The van der Waals surface area contributed by atoms with Crippen molar-refractivity contribution in [3.05, 3.63) is 58.5 Å². The molecule has 3 aromatic rings. The number of nitrogens with zero attached hydrogens (tertiary/aromatic N) is 5. The van der Waals surface area contributed by atoms with E-state index >= 15 is 0 Å². The van der Waals surface area contributed by atoms with Crippen LogP contribution in [0.2, 0.25) is 0 Å². The third-order valence-electron chi connectivity index (χ3n) is 2.75. The second kappa shape index (κ2) is 4.90. The summed E-state index contributed by atoms with van der Waals surface area (Å²) in [7, 11) is 0. The third kappa shape index (κ3) is 2.23. The molecule has 0 fully saturated rings. The highest BCUT2D eigenvalue weighted by Crippen LogP contribution is 2.27. The van der Waals surface area contributed by atoms with Crippen molar-refractivity contribution in [3.8, 4) is 23.2 Å². The van der Waals surface area contributed by atoms with Crippen LogP contribution in [0.3, 0.4) is 0 Å². The van der Waals surface area contributed by atoms with E-state index in [1.54, 1.807) is 24.5 Å². The van der Waals surface area contributed by atoms with Crippen molar-refractivity contribution in [2.45, 2.75) is 0 Å². The van der Waals surface area contributed by atoms with Crippen molar-refractivity contribution >= 4 is 5.88 Å². The highest BCUT2D eigenvalue weighted by molar-refractivity contribution is 5.62. The summed E-state index contributed by atoms with van der Waals surface area (Å²) in [4.78, 5) is 14.0. The molecule has 0 bridgehead atoms. The van der Waals surface area contributed by atoms with Gasteiger partial charge in [-0.25, -0.2) is 4.68 Å². The second-order valence-electron chi connectivity index (χ2n) is 4.05. The normalized spacial score (nSPS) is 10.2. The molecule has 8 heteroatoms. The first-order valence-electron chi connectivity index (χ1n) is 5.84. The first-order chi connectivity index (χ1) is 10.2. The largest absolute Gasteiger partial charge is 0.433 e. The van der Waals surface area contributed by atoms with Crippen molar-refractivity contribution in [1.29, 1.82) is 5.26 Å². The van der Waals surface area contributed by atoms with Crippen LogP contribution >= 0.6 is 0 Å². The molecule has 0 aliphatic carbocycles. The van der Waals surface area contributed by atoms with E-state index in [1.807, 2.05) is 6.07 Å². The van der Waals surface area contributed by atoms with Crippen LogP contribution in [0.15, 0.2) is 47.3 Å². The average Bonchev–Trinajstić information content (AvgIpc) is 3.14. The van der Waals surface area contributed by atoms with Gasteiger partial charge in [0.05, 0.1) is 18.0 Å². The Hall–Kier alpha value is -3.47. The summed E-state index contributed by atoms with van der Waals surface area (Å²) in [6.07, 6.45) is 4.72. The minimum absolute atomic E-state index is 0.167. The van der Waals surface area contributed by atoms with Crippen molar-refractivity contribution < 1.29 is 9.34 Å². The highest BCUT2D eigenvalue weighted by Gasteiger charge is 2.19. The van der Waals surface area contributed by atoms with Crippen molar-refractivity contribution in [2.24, 2.45) is 0 Å². The van der Waals surface area contributed by atoms with Gasteiger partial charge in [-0.3, -0.25) is 15.1 Å². The maximum atomic E-state index is 10.6. The van der Waals surface area contributed by atoms with E-state index in [0.717, 1.165) is 0 Å². The summed E-state index contributed by atoms with van der Waals surface area (Å²) in [6.45, 7) is 0. The van der Waals surface area contributed by atoms with Crippen molar-refractivity contribution in [2.75, 3.05) is 0 Å². The molecule has 0 N–H and O–H groups in total. The molecule has 102 valence electrons. The molecule has 3 rings (SSSR count). The molecule has 0 spiro atoms. The first kappa shape index (κ1) is 12.6. The van der Waals surface area contributed by atoms with E-state index in [9.17, 15) is 10.1 Å². The Morgan fingerprint density at radius 1 is 1.38 bits per heavy atom. The number of nitriles is 1. The van der Waals surface area contributed by atoms with Crippen LogP contribution in [0.4, 0.5) is 5.88 Å². The van der Waals surface area contributed by atoms with Crippen LogP contribution in [-0.4, -0.2) is 19.7 Å². The van der Waals surface area contributed by atoms with E-state index in [1.165, 1.54) is 23.0 Å². The Kier molecular flexibility index (Phi) is 2.93. The van der Waals surface area contributed by atoms with E-state index in [-0.39, 0.29) is 17.0 Å². The van der Waals surface area contributed by atoms with Crippen molar-refractivity contribution in [1.82, 2.24) is 14.8 Å². The van der Waals surface area contributed by atoms with Crippen molar-refractivity contribution in [3.63, 3.8) is 0 Å². The number of pyridine rings is 1. The lowest BCUT2D eigenvalue weighted by atomic mass is 10.2. The predicted molar refractivity (Wildman–Crippen MR) is 70.4 cm³/mol. The van der Waals surface area contributed by atoms with E-state index in [2.05, 4.69) is 10.1 Å². The fourth-order valence-corrected chi connectivity index (χ4v) is 1.81. The average molecular weight is 281 g/mol. The number of nitro groups is 1. The second-order valence-corrected chi connectivity index (χ2v) is 4.05. The van der Waals surface area contributed by atoms with Gasteiger partial charge >= 0.3 is 5.88 Å². The van der Waals surface area contributed by atoms with Crippen LogP contribution < -0.4 is 0 Å². The van der Waals surface area contributed by atoms with Gasteiger partial charge in [0.15, 0.2) is 5.76 Å². The monoisotopic (exact) mass is 281 g/mol. The minimum Gasteiger partial charge on any atom is -0.399 e. The van der Waals surface area contributed by atoms with E-state index in [0.29, 0.717) is 5.69 Å². The molecule has 8 nitrogen and oxygen atoms in total. The standard InChI is InChI=1S/C13H7N5O3/c14-6-9-8-17(10-2-1-5-15-7-10)16-13(9)11-3-4-12(21-11)18(19)20/h1-5,7-8H. The zero-order chi connectivity index (χ0) is 14.8. The van der Waals surface area contributed by atoms with Gasteiger partial charge in [-0.2, -0.15) is 10.4 Å². The molecule has 3 heterocycles. The predicted octanol–water partition coefficient (Wildman–Crippen LogP) is 2.31. The smallest absolute Gasteiger partial charge is 0.399 e. The topological polar surface area (TPSA) is 111 Å². The van der Waals surface area contributed by atoms with Gasteiger partial charge in [0.25, 0.3) is 0 Å². The van der Waals surface area contributed by atoms with Gasteiger partial charge in [0.1, 0.15) is 22.2 Å². The number of aromatic nitrogens is 3. The summed E-state index contributed by atoms with van der Waals surface area (Å²) in [5.41, 5.74) is 1.17. The lowest BCUT2D eigenvalue weighted by Crippen LogP contribution is -1.94. The number of furan rings is 1. The van der Waals surface area contributed by atoms with E-state index in [4.69, 9.17) is 9.68 Å². The molecule has 21 heavy (non-hydrogen) atoms. The molecule has 0 saturated carbocycles. The van der Waals surface area contributed by atoms with Crippen LogP contribution in [-0.2, 0) is 0 Å². The summed E-state index contributed by atoms with van der Waals surface area (Å²) in [6, 6.07) is 8.13. The van der Waals surface area contributed by atoms with E-state index < -0.39 is 10.8 Å². The molecule has 0 atom stereocenters. The maximum Gasteiger partial charge on any atom is 0.433 e. The molecule has 0 aromatic carbocycles. The molecule has 0 saturated heterocycles. The first-order valence-corrected chi connectivity index (χ1v) is 5.84. The Labute approximate surface area is 118 Å². The number of hydrogen-bond acceptors (Lipinski definition) is 6. The molecule has 3 aromatic heterocycles. The fraction of sp³-hybridized carbons (Fsp3) is 0. The summed E-state index contributed by atoms with van der Waals surface area (Å²) >= 11 is 0. The quantitative estimate of drug-likeness (QED) is 0.538. The maximum absolute atomic E-state index is 10.6. The lowest BCUT2D eigenvalue weighted by molar-refractivity contribution is -0.401. The Morgan fingerprint density at radius 3 is 2.86 bits per heavy atom. The third-order valence-corrected chi connectivity index (χ3v) is 2.75. The summed E-state index contributed by atoms with van der Waals surface area (Å²) < 4.78 is 6.55. The molecule has 0 aliphatic rings. The lowest BCUT2D eigenvalue weighted by Gasteiger charge is -1.98. The van der Waals surface area contributed by atoms with Crippen LogP contribution in [0.1, 0.15) is 5.56 Å². The molecule has 0 unspecified atom stereocenters. The molecular weight excluding hydrogens is 274 g/mol. The molecule has 0 amide bonds. The van der Waals surface area contributed by atoms with Gasteiger partial charge in [-0.15, -0.1) is 0 Å². The molecule has 0 aliphatic heterocycles. The molecule has 0 radical (unpaired) electrons. The SMILES string of the molecule is N#Cc1cn(-c2cccnc2)nc1-c1ccc([N+](=O)[O-])o1. The number of hydrogen-bond donors (Lipinski definition) is 0. The van der Waals surface area contributed by atoms with Gasteiger partial charge in [-0.1, -0.05) is 0 Å². The highest BCUT2D eigenvalue weighted by atomic mass is 16.6.